The number of rotatable bonds is 5. The summed E-state index contributed by atoms with van der Waals surface area (Å²) < 4.78 is 28.0. The van der Waals surface area contributed by atoms with Crippen LogP contribution in [0.3, 0.4) is 0 Å². The Hall–Kier alpha value is -2.15. The number of aromatic nitrogens is 4. The van der Waals surface area contributed by atoms with E-state index in [1.54, 1.807) is 6.20 Å². The molecule has 0 radical (unpaired) electrons. The summed E-state index contributed by atoms with van der Waals surface area (Å²) >= 11 is 0. The fourth-order valence-electron chi connectivity index (χ4n) is 3.80. The van der Waals surface area contributed by atoms with Crippen molar-refractivity contribution in [3.63, 3.8) is 0 Å². The van der Waals surface area contributed by atoms with Crippen molar-refractivity contribution in [1.82, 2.24) is 19.1 Å². The van der Waals surface area contributed by atoms with Gasteiger partial charge < -0.3 is 9.13 Å². The molecule has 3 heterocycles. The molecule has 0 atom stereocenters. The van der Waals surface area contributed by atoms with Crippen LogP contribution in [0.5, 0.6) is 0 Å². The minimum Gasteiger partial charge on any atom is -0.325 e. The van der Waals surface area contributed by atoms with Crippen molar-refractivity contribution in [3.8, 4) is 11.6 Å². The van der Waals surface area contributed by atoms with Crippen LogP contribution in [-0.2, 0) is 16.4 Å². The van der Waals surface area contributed by atoms with Gasteiger partial charge in [-0.1, -0.05) is 26.0 Å². The zero-order chi connectivity index (χ0) is 19.0. The fraction of sp³-hybridized carbons (Fsp3) is 0.500. The van der Waals surface area contributed by atoms with E-state index in [2.05, 4.69) is 34.0 Å². The first-order chi connectivity index (χ1) is 12.9. The first kappa shape index (κ1) is 18.2. The van der Waals surface area contributed by atoms with Gasteiger partial charge in [-0.05, 0) is 37.3 Å². The summed E-state index contributed by atoms with van der Waals surface area (Å²) in [5.74, 6) is 2.80. The lowest BCUT2D eigenvalue weighted by molar-refractivity contribution is 0.451. The quantitative estimate of drug-likeness (QED) is 0.670. The molecule has 7 heteroatoms. The van der Waals surface area contributed by atoms with E-state index in [4.69, 9.17) is 4.98 Å². The summed E-state index contributed by atoms with van der Waals surface area (Å²) in [5, 5.41) is 0. The first-order valence-electron chi connectivity index (χ1n) is 9.63. The smallest absolute Gasteiger partial charge is 0.177 e. The average molecular weight is 387 g/mol. The van der Waals surface area contributed by atoms with E-state index in [-0.39, 0.29) is 17.5 Å². The molecule has 0 N–H and O–H groups in total. The number of sulfone groups is 1. The molecule has 0 bridgehead atoms. The largest absolute Gasteiger partial charge is 0.325 e. The van der Waals surface area contributed by atoms with E-state index in [0.717, 1.165) is 35.6 Å². The zero-order valence-corrected chi connectivity index (χ0v) is 16.7. The van der Waals surface area contributed by atoms with Crippen LogP contribution in [0, 0.1) is 5.92 Å². The van der Waals surface area contributed by atoms with Gasteiger partial charge in [0.2, 0.25) is 0 Å². The van der Waals surface area contributed by atoms with Gasteiger partial charge in [0.05, 0.1) is 22.5 Å². The van der Waals surface area contributed by atoms with Crippen LogP contribution >= 0.6 is 0 Å². The normalized spacial score (nSPS) is 17.7. The summed E-state index contributed by atoms with van der Waals surface area (Å²) in [4.78, 5) is 9.49. The average Bonchev–Trinajstić information content (AvgIpc) is 3.24. The fourth-order valence-corrected chi connectivity index (χ4v) is 5.26. The molecule has 1 aromatic carbocycles. The third-order valence-electron chi connectivity index (χ3n) is 5.37. The lowest BCUT2D eigenvalue weighted by atomic mass is 10.1. The van der Waals surface area contributed by atoms with Crippen molar-refractivity contribution in [2.24, 2.45) is 5.92 Å². The summed E-state index contributed by atoms with van der Waals surface area (Å²) in [6.07, 6.45) is 6.10. The van der Waals surface area contributed by atoms with Gasteiger partial charge in [0.1, 0.15) is 9.84 Å². The van der Waals surface area contributed by atoms with Crippen LogP contribution in [0.15, 0.2) is 36.7 Å². The molecule has 0 saturated carbocycles. The van der Waals surface area contributed by atoms with Gasteiger partial charge in [-0.3, -0.25) is 0 Å². The Balaban J connectivity index is 1.75. The van der Waals surface area contributed by atoms with E-state index < -0.39 is 9.84 Å². The van der Waals surface area contributed by atoms with Gasteiger partial charge in [0.15, 0.2) is 11.6 Å². The van der Waals surface area contributed by atoms with Gasteiger partial charge in [0.25, 0.3) is 0 Å². The third-order valence-corrected chi connectivity index (χ3v) is 7.09. The zero-order valence-electron chi connectivity index (χ0n) is 15.9. The Morgan fingerprint density at radius 3 is 2.63 bits per heavy atom. The molecule has 144 valence electrons. The van der Waals surface area contributed by atoms with Crippen LogP contribution in [0.2, 0.25) is 0 Å². The van der Waals surface area contributed by atoms with Gasteiger partial charge in [-0.2, -0.15) is 0 Å². The van der Waals surface area contributed by atoms with Gasteiger partial charge in [-0.15, -0.1) is 0 Å². The van der Waals surface area contributed by atoms with Crippen molar-refractivity contribution >= 4 is 20.9 Å². The van der Waals surface area contributed by atoms with E-state index in [1.165, 1.54) is 0 Å². The van der Waals surface area contributed by atoms with Crippen LogP contribution in [0.1, 0.15) is 39.2 Å². The lowest BCUT2D eigenvalue weighted by Crippen LogP contribution is -2.26. The SMILES string of the molecule is CC(C)CCn1c(-c2nccn2C2CCS(=O)(=O)CC2)nc2ccccc21. The standard InChI is InChI=1S/C20H26N4O2S/c1-15(2)7-11-24-18-6-4-3-5-17(18)22-20(24)19-21-10-12-23(19)16-8-13-27(25,26)14-9-16/h3-6,10,12,15-16H,7-9,11,13-14H2,1-2H3. The van der Waals surface area contributed by atoms with Gasteiger partial charge >= 0.3 is 0 Å². The maximum Gasteiger partial charge on any atom is 0.177 e. The maximum atomic E-state index is 11.8. The molecular weight excluding hydrogens is 360 g/mol. The van der Waals surface area contributed by atoms with Gasteiger partial charge in [-0.25, -0.2) is 18.4 Å². The lowest BCUT2D eigenvalue weighted by Gasteiger charge is -2.24. The molecule has 1 aliphatic heterocycles. The number of hydrogen-bond donors (Lipinski definition) is 0. The molecular formula is C20H26N4O2S. The van der Waals surface area contributed by atoms with Crippen molar-refractivity contribution in [2.75, 3.05) is 11.5 Å². The molecule has 0 unspecified atom stereocenters. The molecule has 3 aromatic rings. The molecule has 0 spiro atoms. The van der Waals surface area contributed by atoms with E-state index in [9.17, 15) is 8.42 Å². The number of aryl methyl sites for hydroxylation is 1. The highest BCUT2D eigenvalue weighted by Gasteiger charge is 2.27. The highest BCUT2D eigenvalue weighted by Crippen LogP contribution is 2.31. The second-order valence-electron chi connectivity index (χ2n) is 7.80. The number of para-hydroxylation sites is 2. The minimum absolute atomic E-state index is 0.157. The summed E-state index contributed by atoms with van der Waals surface area (Å²) in [5.41, 5.74) is 2.09. The van der Waals surface area contributed by atoms with Crippen LogP contribution in [-0.4, -0.2) is 39.0 Å². The number of nitrogens with zero attached hydrogens (tertiary/aromatic N) is 4. The predicted octanol–water partition coefficient (Wildman–Crippen LogP) is 3.70. The number of benzene rings is 1. The second kappa shape index (κ2) is 7.11. The van der Waals surface area contributed by atoms with E-state index >= 15 is 0 Å². The molecule has 4 rings (SSSR count). The molecule has 6 nitrogen and oxygen atoms in total. The number of hydrogen-bond acceptors (Lipinski definition) is 4. The first-order valence-corrected chi connectivity index (χ1v) is 11.5. The number of imidazole rings is 2. The highest BCUT2D eigenvalue weighted by molar-refractivity contribution is 7.91. The molecule has 2 aromatic heterocycles. The summed E-state index contributed by atoms with van der Waals surface area (Å²) in [7, 11) is -2.89. The predicted molar refractivity (Wildman–Crippen MR) is 107 cm³/mol. The van der Waals surface area contributed by atoms with Crippen LogP contribution in [0.4, 0.5) is 0 Å². The molecule has 1 fully saturated rings. The summed E-state index contributed by atoms with van der Waals surface area (Å²) in [6, 6.07) is 8.34. The molecule has 0 amide bonds. The van der Waals surface area contributed by atoms with Gasteiger partial charge in [0, 0.05) is 25.0 Å². The molecule has 0 aliphatic carbocycles. The third kappa shape index (κ3) is 3.65. The maximum absolute atomic E-state index is 11.8. The van der Waals surface area contributed by atoms with Crippen LogP contribution < -0.4 is 0 Å². The Kier molecular flexibility index (Phi) is 4.80. The van der Waals surface area contributed by atoms with E-state index in [0.29, 0.717) is 18.8 Å². The second-order valence-corrected chi connectivity index (χ2v) is 10.1. The van der Waals surface area contributed by atoms with Crippen molar-refractivity contribution < 1.29 is 8.42 Å². The molecule has 1 saturated heterocycles. The van der Waals surface area contributed by atoms with Crippen molar-refractivity contribution in [1.29, 1.82) is 0 Å². The molecule has 27 heavy (non-hydrogen) atoms. The van der Waals surface area contributed by atoms with Crippen LogP contribution in [0.25, 0.3) is 22.7 Å². The number of fused-ring (bicyclic) bond motifs is 1. The monoisotopic (exact) mass is 386 g/mol. The summed E-state index contributed by atoms with van der Waals surface area (Å²) in [6.45, 7) is 5.34. The van der Waals surface area contributed by atoms with E-state index in [1.807, 2.05) is 24.4 Å². The van der Waals surface area contributed by atoms with Crippen molar-refractivity contribution in [2.45, 2.75) is 45.7 Å². The Labute approximate surface area is 160 Å². The Bertz CT molecular complexity index is 1040. The topological polar surface area (TPSA) is 69.8 Å². The Morgan fingerprint density at radius 1 is 1.15 bits per heavy atom. The molecule has 1 aliphatic rings. The Morgan fingerprint density at radius 2 is 1.89 bits per heavy atom. The highest BCUT2D eigenvalue weighted by atomic mass is 32.2. The van der Waals surface area contributed by atoms with Crippen molar-refractivity contribution in [3.05, 3.63) is 36.7 Å². The minimum atomic E-state index is -2.89.